The standard InChI is InChI=1S/C10H11BrN2O5S/c1-13(5-9(12)14)19(17,18)8-3-2-6(10(15)16)4-7(8)11/h2-4H,5H2,1H3,(H2,12,14)(H,15,16). The molecular formula is C10H11BrN2O5S. The number of carboxylic acids is 1. The van der Waals surface area contributed by atoms with Crippen molar-refractivity contribution in [2.75, 3.05) is 13.6 Å². The van der Waals surface area contributed by atoms with Crippen molar-refractivity contribution < 1.29 is 23.1 Å². The van der Waals surface area contributed by atoms with Crippen LogP contribution in [-0.2, 0) is 14.8 Å². The molecule has 0 fully saturated rings. The van der Waals surface area contributed by atoms with Gasteiger partial charge in [-0.3, -0.25) is 4.79 Å². The Morgan fingerprint density at radius 2 is 2.00 bits per heavy atom. The number of hydrogen-bond donors (Lipinski definition) is 2. The van der Waals surface area contributed by atoms with Crippen molar-refractivity contribution in [3.8, 4) is 0 Å². The fourth-order valence-corrected chi connectivity index (χ4v) is 3.49. The number of carboxylic acid groups (broad SMARTS) is 1. The summed E-state index contributed by atoms with van der Waals surface area (Å²) >= 11 is 3.00. The van der Waals surface area contributed by atoms with E-state index < -0.39 is 28.4 Å². The van der Waals surface area contributed by atoms with Gasteiger partial charge in [-0.2, -0.15) is 4.31 Å². The van der Waals surface area contributed by atoms with Crippen LogP contribution in [0.15, 0.2) is 27.6 Å². The molecule has 0 saturated carbocycles. The number of nitrogens with zero attached hydrogens (tertiary/aromatic N) is 1. The monoisotopic (exact) mass is 350 g/mol. The Hall–Kier alpha value is -1.45. The number of benzene rings is 1. The van der Waals surface area contributed by atoms with Crippen LogP contribution in [0, 0.1) is 0 Å². The SMILES string of the molecule is CN(CC(N)=O)S(=O)(=O)c1ccc(C(=O)O)cc1Br. The molecule has 1 amide bonds. The molecule has 0 bridgehead atoms. The zero-order chi connectivity index (χ0) is 14.8. The Morgan fingerprint density at radius 1 is 1.42 bits per heavy atom. The van der Waals surface area contributed by atoms with Crippen molar-refractivity contribution in [2.24, 2.45) is 5.73 Å². The summed E-state index contributed by atoms with van der Waals surface area (Å²) in [5, 5.41) is 8.79. The smallest absolute Gasteiger partial charge is 0.335 e. The molecule has 0 saturated heterocycles. The molecular weight excluding hydrogens is 340 g/mol. The molecule has 0 radical (unpaired) electrons. The van der Waals surface area contributed by atoms with Gasteiger partial charge < -0.3 is 10.8 Å². The van der Waals surface area contributed by atoms with Gasteiger partial charge in [-0.05, 0) is 34.1 Å². The summed E-state index contributed by atoms with van der Waals surface area (Å²) in [6.45, 7) is -0.463. The minimum absolute atomic E-state index is 0.0524. The molecule has 0 aliphatic heterocycles. The van der Waals surface area contributed by atoms with E-state index in [9.17, 15) is 18.0 Å². The van der Waals surface area contributed by atoms with Gasteiger partial charge in [0.1, 0.15) is 0 Å². The van der Waals surface area contributed by atoms with Crippen LogP contribution in [0.5, 0.6) is 0 Å². The summed E-state index contributed by atoms with van der Waals surface area (Å²) in [7, 11) is -2.71. The zero-order valence-corrected chi connectivity index (χ0v) is 12.2. The number of sulfonamides is 1. The Labute approximate surface area is 118 Å². The second-order valence-electron chi connectivity index (χ2n) is 3.68. The molecule has 1 aromatic carbocycles. The Balaban J connectivity index is 3.22. The van der Waals surface area contributed by atoms with E-state index in [1.54, 1.807) is 0 Å². The van der Waals surface area contributed by atoms with Crippen LogP contribution in [0.2, 0.25) is 0 Å². The quantitative estimate of drug-likeness (QED) is 0.789. The third-order valence-electron chi connectivity index (χ3n) is 2.25. The summed E-state index contributed by atoms with van der Waals surface area (Å²) in [5.74, 6) is -1.96. The number of halogens is 1. The van der Waals surface area contributed by atoms with E-state index >= 15 is 0 Å². The van der Waals surface area contributed by atoms with Crippen molar-refractivity contribution in [2.45, 2.75) is 4.90 Å². The summed E-state index contributed by atoms with van der Waals surface area (Å²) in [6.07, 6.45) is 0. The number of likely N-dealkylation sites (N-methyl/N-ethyl adjacent to an activating group) is 1. The van der Waals surface area contributed by atoms with Crippen LogP contribution in [0.3, 0.4) is 0 Å². The van der Waals surface area contributed by atoms with Gasteiger partial charge in [0, 0.05) is 11.5 Å². The lowest BCUT2D eigenvalue weighted by Crippen LogP contribution is -2.35. The van der Waals surface area contributed by atoms with Crippen LogP contribution in [-0.4, -0.2) is 43.3 Å². The fraction of sp³-hybridized carbons (Fsp3) is 0.200. The molecule has 0 heterocycles. The highest BCUT2D eigenvalue weighted by Crippen LogP contribution is 2.25. The molecule has 3 N–H and O–H groups in total. The first-order valence-electron chi connectivity index (χ1n) is 4.93. The van der Waals surface area contributed by atoms with Crippen molar-refractivity contribution in [1.29, 1.82) is 0 Å². The maximum Gasteiger partial charge on any atom is 0.335 e. The van der Waals surface area contributed by atoms with E-state index in [1.807, 2.05) is 0 Å². The number of aromatic carboxylic acids is 1. The molecule has 7 nitrogen and oxygen atoms in total. The molecule has 0 aliphatic rings. The number of hydrogen-bond acceptors (Lipinski definition) is 4. The molecule has 1 rings (SSSR count). The highest BCUT2D eigenvalue weighted by atomic mass is 79.9. The topological polar surface area (TPSA) is 118 Å². The second kappa shape index (κ2) is 5.68. The summed E-state index contributed by atoms with van der Waals surface area (Å²) < 4.78 is 25.1. The van der Waals surface area contributed by atoms with Crippen LogP contribution in [0.1, 0.15) is 10.4 Å². The van der Waals surface area contributed by atoms with Gasteiger partial charge in [-0.1, -0.05) is 0 Å². The molecule has 0 atom stereocenters. The predicted molar refractivity (Wildman–Crippen MR) is 70.1 cm³/mol. The number of carbonyl (C=O) groups excluding carboxylic acids is 1. The third-order valence-corrected chi connectivity index (χ3v) is 5.03. The van der Waals surface area contributed by atoms with Crippen LogP contribution >= 0.6 is 15.9 Å². The largest absolute Gasteiger partial charge is 0.478 e. The zero-order valence-electron chi connectivity index (χ0n) is 9.83. The minimum atomic E-state index is -3.91. The Bertz CT molecular complexity index is 629. The van der Waals surface area contributed by atoms with Gasteiger partial charge in [0.25, 0.3) is 0 Å². The second-order valence-corrected chi connectivity index (χ2v) is 6.55. The van der Waals surface area contributed by atoms with E-state index in [4.69, 9.17) is 10.8 Å². The first kappa shape index (κ1) is 15.6. The average molecular weight is 351 g/mol. The number of amides is 1. The number of nitrogens with two attached hydrogens (primary N) is 1. The van der Waals surface area contributed by atoms with Crippen LogP contribution < -0.4 is 5.73 Å². The Kier molecular flexibility index (Phi) is 4.66. The highest BCUT2D eigenvalue weighted by molar-refractivity contribution is 9.10. The first-order valence-corrected chi connectivity index (χ1v) is 7.17. The Morgan fingerprint density at radius 3 is 2.42 bits per heavy atom. The highest BCUT2D eigenvalue weighted by Gasteiger charge is 2.25. The molecule has 0 unspecified atom stereocenters. The first-order chi connectivity index (χ1) is 8.66. The number of rotatable bonds is 5. The number of carbonyl (C=O) groups is 2. The van der Waals surface area contributed by atoms with Gasteiger partial charge in [0.2, 0.25) is 15.9 Å². The fourth-order valence-electron chi connectivity index (χ4n) is 1.32. The third kappa shape index (κ3) is 3.52. The van der Waals surface area contributed by atoms with Crippen molar-refractivity contribution >= 4 is 37.8 Å². The normalized spacial score (nSPS) is 11.5. The molecule has 1 aromatic rings. The summed E-state index contributed by atoms with van der Waals surface area (Å²) in [6, 6.07) is 3.49. The lowest BCUT2D eigenvalue weighted by atomic mass is 10.2. The van der Waals surface area contributed by atoms with Crippen LogP contribution in [0.4, 0.5) is 0 Å². The maximum absolute atomic E-state index is 12.1. The lowest BCUT2D eigenvalue weighted by molar-refractivity contribution is -0.118. The van der Waals surface area contributed by atoms with Gasteiger partial charge in [0.15, 0.2) is 0 Å². The van der Waals surface area contributed by atoms with Gasteiger partial charge in [-0.25, -0.2) is 13.2 Å². The number of primary amides is 1. The van der Waals surface area contributed by atoms with E-state index in [1.165, 1.54) is 13.1 Å². The van der Waals surface area contributed by atoms with Gasteiger partial charge >= 0.3 is 5.97 Å². The summed E-state index contributed by atoms with van der Waals surface area (Å²) in [5.41, 5.74) is 4.88. The van der Waals surface area contributed by atoms with Crippen molar-refractivity contribution in [3.05, 3.63) is 28.2 Å². The van der Waals surface area contributed by atoms with Gasteiger partial charge in [0.05, 0.1) is 17.0 Å². The van der Waals surface area contributed by atoms with Gasteiger partial charge in [-0.15, -0.1) is 0 Å². The summed E-state index contributed by atoms with van der Waals surface area (Å²) in [4.78, 5) is 21.4. The van der Waals surface area contributed by atoms with Crippen LogP contribution in [0.25, 0.3) is 0 Å². The lowest BCUT2D eigenvalue weighted by Gasteiger charge is -2.16. The molecule has 0 aliphatic carbocycles. The predicted octanol–water partition coefficient (Wildman–Crippen LogP) is 0.253. The van der Waals surface area contributed by atoms with E-state index in [2.05, 4.69) is 15.9 Å². The molecule has 104 valence electrons. The van der Waals surface area contributed by atoms with E-state index in [-0.39, 0.29) is 14.9 Å². The van der Waals surface area contributed by atoms with E-state index in [0.717, 1.165) is 16.4 Å². The maximum atomic E-state index is 12.1. The minimum Gasteiger partial charge on any atom is -0.478 e. The molecule has 19 heavy (non-hydrogen) atoms. The molecule has 0 spiro atoms. The molecule has 9 heteroatoms. The molecule has 0 aromatic heterocycles. The van der Waals surface area contributed by atoms with Crippen molar-refractivity contribution in [3.63, 3.8) is 0 Å². The van der Waals surface area contributed by atoms with E-state index in [0.29, 0.717) is 0 Å². The van der Waals surface area contributed by atoms with Crippen molar-refractivity contribution in [1.82, 2.24) is 4.31 Å². The average Bonchev–Trinajstić information content (AvgIpc) is 2.27.